The second-order valence-electron chi connectivity index (χ2n) is 4.87. The summed E-state index contributed by atoms with van der Waals surface area (Å²) in [5.41, 5.74) is 2.28. The summed E-state index contributed by atoms with van der Waals surface area (Å²) < 4.78 is 16.3. The van der Waals surface area contributed by atoms with Gasteiger partial charge in [-0.1, -0.05) is 0 Å². The number of hydrogen-bond donors (Lipinski definition) is 1. The zero-order valence-corrected chi connectivity index (χ0v) is 12.0. The molecule has 0 saturated carbocycles. The van der Waals surface area contributed by atoms with Crippen LogP contribution in [0.15, 0.2) is 12.1 Å². The summed E-state index contributed by atoms with van der Waals surface area (Å²) in [6.45, 7) is 2.67. The van der Waals surface area contributed by atoms with Crippen LogP contribution in [0.25, 0.3) is 0 Å². The third-order valence-corrected chi connectivity index (χ3v) is 3.66. The van der Waals surface area contributed by atoms with Crippen molar-refractivity contribution in [3.05, 3.63) is 23.3 Å². The Morgan fingerprint density at radius 1 is 1.05 bits per heavy atom. The van der Waals surface area contributed by atoms with Gasteiger partial charge in [0.15, 0.2) is 0 Å². The topological polar surface area (TPSA) is 39.7 Å². The summed E-state index contributed by atoms with van der Waals surface area (Å²) in [5, 5.41) is 3.39. The van der Waals surface area contributed by atoms with E-state index in [1.54, 1.807) is 21.3 Å². The van der Waals surface area contributed by atoms with Crippen LogP contribution in [0, 0.1) is 0 Å². The van der Waals surface area contributed by atoms with Crippen molar-refractivity contribution in [3.8, 4) is 11.5 Å². The van der Waals surface area contributed by atoms with Crippen molar-refractivity contribution < 1.29 is 14.2 Å². The third kappa shape index (κ3) is 3.19. The van der Waals surface area contributed by atoms with Crippen LogP contribution in [0.3, 0.4) is 0 Å². The normalized spacial score (nSPS) is 16.4. The largest absolute Gasteiger partial charge is 0.496 e. The number of piperidine rings is 1. The van der Waals surface area contributed by atoms with Crippen molar-refractivity contribution in [1.82, 2.24) is 5.32 Å². The predicted molar refractivity (Wildman–Crippen MR) is 75.1 cm³/mol. The lowest BCUT2D eigenvalue weighted by Gasteiger charge is -2.26. The van der Waals surface area contributed by atoms with E-state index in [9.17, 15) is 0 Å². The third-order valence-electron chi connectivity index (χ3n) is 3.66. The van der Waals surface area contributed by atoms with Gasteiger partial charge in [-0.3, -0.25) is 0 Å². The van der Waals surface area contributed by atoms with Crippen molar-refractivity contribution in [2.75, 3.05) is 34.4 Å². The van der Waals surface area contributed by atoms with Crippen LogP contribution in [0.1, 0.15) is 29.9 Å². The highest BCUT2D eigenvalue weighted by molar-refractivity contribution is 5.50. The molecule has 1 aliphatic heterocycles. The second kappa shape index (κ2) is 6.78. The molecule has 0 amide bonds. The van der Waals surface area contributed by atoms with Crippen LogP contribution < -0.4 is 14.8 Å². The van der Waals surface area contributed by atoms with E-state index < -0.39 is 0 Å². The molecule has 0 aliphatic carbocycles. The molecular formula is C15H23NO3. The maximum atomic E-state index is 5.57. The fraction of sp³-hybridized carbons (Fsp3) is 0.600. The minimum absolute atomic E-state index is 0.503. The molecule has 0 radical (unpaired) electrons. The molecule has 0 bridgehead atoms. The Labute approximate surface area is 115 Å². The number of hydrogen-bond acceptors (Lipinski definition) is 4. The zero-order valence-electron chi connectivity index (χ0n) is 12.0. The molecule has 4 nitrogen and oxygen atoms in total. The van der Waals surface area contributed by atoms with Gasteiger partial charge in [0.2, 0.25) is 0 Å². The number of nitrogens with one attached hydrogen (secondary N) is 1. The molecular weight excluding hydrogens is 242 g/mol. The van der Waals surface area contributed by atoms with Crippen molar-refractivity contribution in [2.45, 2.75) is 25.4 Å². The molecule has 1 fully saturated rings. The Bertz CT molecular complexity index is 389. The summed E-state index contributed by atoms with van der Waals surface area (Å²) in [5.74, 6) is 2.33. The first kappa shape index (κ1) is 14.2. The first-order chi connectivity index (χ1) is 9.30. The maximum Gasteiger partial charge on any atom is 0.126 e. The lowest BCUT2D eigenvalue weighted by atomic mass is 9.88. The Morgan fingerprint density at radius 2 is 1.63 bits per heavy atom. The van der Waals surface area contributed by atoms with Gasteiger partial charge in [-0.15, -0.1) is 0 Å². The molecule has 2 rings (SSSR count). The Hall–Kier alpha value is -1.26. The van der Waals surface area contributed by atoms with Gasteiger partial charge in [-0.05, 0) is 49.5 Å². The van der Waals surface area contributed by atoms with E-state index in [4.69, 9.17) is 14.2 Å². The summed E-state index contributed by atoms with van der Waals surface area (Å²) in [7, 11) is 5.13. The second-order valence-corrected chi connectivity index (χ2v) is 4.87. The molecule has 1 aromatic carbocycles. The summed E-state index contributed by atoms with van der Waals surface area (Å²) in [4.78, 5) is 0. The molecule has 0 aromatic heterocycles. The minimum Gasteiger partial charge on any atom is -0.496 e. The SMILES string of the molecule is COCc1cc(OC)c(C2CCNCC2)c(OC)c1. The van der Waals surface area contributed by atoms with Gasteiger partial charge in [0.1, 0.15) is 11.5 Å². The van der Waals surface area contributed by atoms with E-state index in [-0.39, 0.29) is 0 Å². The Balaban J connectivity index is 2.38. The van der Waals surface area contributed by atoms with Crippen LogP contribution in [-0.2, 0) is 11.3 Å². The van der Waals surface area contributed by atoms with Gasteiger partial charge < -0.3 is 19.5 Å². The summed E-state index contributed by atoms with van der Waals surface area (Å²) in [6, 6.07) is 4.12. The van der Waals surface area contributed by atoms with Crippen molar-refractivity contribution in [2.24, 2.45) is 0 Å². The maximum absolute atomic E-state index is 5.57. The Kier molecular flexibility index (Phi) is 5.05. The quantitative estimate of drug-likeness (QED) is 0.887. The molecule has 0 atom stereocenters. The van der Waals surface area contributed by atoms with Crippen LogP contribution in [-0.4, -0.2) is 34.4 Å². The van der Waals surface area contributed by atoms with E-state index in [1.807, 2.05) is 0 Å². The van der Waals surface area contributed by atoms with E-state index in [0.29, 0.717) is 12.5 Å². The highest BCUT2D eigenvalue weighted by Crippen LogP contribution is 2.40. The molecule has 1 aromatic rings. The van der Waals surface area contributed by atoms with Gasteiger partial charge in [-0.25, -0.2) is 0 Å². The monoisotopic (exact) mass is 265 g/mol. The van der Waals surface area contributed by atoms with Crippen molar-refractivity contribution in [1.29, 1.82) is 0 Å². The fourth-order valence-corrected chi connectivity index (χ4v) is 2.76. The first-order valence-electron chi connectivity index (χ1n) is 6.74. The molecule has 106 valence electrons. The van der Waals surface area contributed by atoms with E-state index in [0.717, 1.165) is 43.0 Å². The molecule has 1 N–H and O–H groups in total. The van der Waals surface area contributed by atoms with Gasteiger partial charge >= 0.3 is 0 Å². The van der Waals surface area contributed by atoms with Crippen LogP contribution in [0.4, 0.5) is 0 Å². The van der Waals surface area contributed by atoms with Gasteiger partial charge in [0.25, 0.3) is 0 Å². The predicted octanol–water partition coefficient (Wildman–Crippen LogP) is 2.32. The fourth-order valence-electron chi connectivity index (χ4n) is 2.76. The molecule has 19 heavy (non-hydrogen) atoms. The van der Waals surface area contributed by atoms with Crippen LogP contribution in [0.2, 0.25) is 0 Å². The minimum atomic E-state index is 0.503. The molecule has 1 heterocycles. The average molecular weight is 265 g/mol. The summed E-state index contributed by atoms with van der Waals surface area (Å²) in [6.07, 6.45) is 2.24. The number of methoxy groups -OCH3 is 3. The van der Waals surface area contributed by atoms with Crippen LogP contribution in [0.5, 0.6) is 11.5 Å². The number of ether oxygens (including phenoxy) is 3. The summed E-state index contributed by atoms with van der Waals surface area (Å²) >= 11 is 0. The molecule has 1 saturated heterocycles. The molecule has 1 aliphatic rings. The Morgan fingerprint density at radius 3 is 2.11 bits per heavy atom. The number of rotatable bonds is 5. The molecule has 0 unspecified atom stereocenters. The smallest absolute Gasteiger partial charge is 0.126 e. The number of benzene rings is 1. The molecule has 0 spiro atoms. The highest BCUT2D eigenvalue weighted by atomic mass is 16.5. The van der Waals surface area contributed by atoms with Gasteiger partial charge in [-0.2, -0.15) is 0 Å². The lowest BCUT2D eigenvalue weighted by Crippen LogP contribution is -2.27. The van der Waals surface area contributed by atoms with E-state index in [2.05, 4.69) is 17.4 Å². The average Bonchev–Trinajstić information content (AvgIpc) is 2.47. The first-order valence-corrected chi connectivity index (χ1v) is 6.74. The lowest BCUT2D eigenvalue weighted by molar-refractivity contribution is 0.184. The van der Waals surface area contributed by atoms with Crippen LogP contribution >= 0.6 is 0 Å². The van der Waals surface area contributed by atoms with Crippen molar-refractivity contribution >= 4 is 0 Å². The molecule has 4 heteroatoms. The zero-order chi connectivity index (χ0) is 13.7. The standard InChI is InChI=1S/C15H23NO3/c1-17-10-11-8-13(18-2)15(14(9-11)19-3)12-4-6-16-7-5-12/h8-9,12,16H,4-7,10H2,1-3H3. The van der Waals surface area contributed by atoms with E-state index in [1.165, 1.54) is 5.56 Å². The van der Waals surface area contributed by atoms with Crippen molar-refractivity contribution in [3.63, 3.8) is 0 Å². The van der Waals surface area contributed by atoms with Gasteiger partial charge in [0.05, 0.1) is 20.8 Å². The van der Waals surface area contributed by atoms with Gasteiger partial charge in [0, 0.05) is 12.7 Å². The highest BCUT2D eigenvalue weighted by Gasteiger charge is 2.23. The van der Waals surface area contributed by atoms with E-state index >= 15 is 0 Å².